The summed E-state index contributed by atoms with van der Waals surface area (Å²) in [6.45, 7) is 7.50. The Hall–Kier alpha value is -2.31. The fraction of sp³-hybridized carbons (Fsp3) is 0.588. The Balaban J connectivity index is 2.25. The second-order valence-corrected chi connectivity index (χ2v) is 5.98. The average Bonchev–Trinajstić information content (AvgIpc) is 2.75. The number of aromatic amines is 1. The largest absolute Gasteiger partial charge is 0.465 e. The maximum Gasteiger partial charge on any atom is 0.339 e. The van der Waals surface area contributed by atoms with Crippen molar-refractivity contribution in [2.45, 2.75) is 33.6 Å². The van der Waals surface area contributed by atoms with Gasteiger partial charge in [-0.05, 0) is 25.3 Å². The SMILES string of the molecule is CCc1[nH]c(C(=O)N2CCCN(C(C)=O)CC2)c(C)c1C(=O)OC. The maximum absolute atomic E-state index is 12.9. The molecule has 0 unspecified atom stereocenters. The zero-order chi connectivity index (χ0) is 17.9. The number of esters is 1. The van der Waals surface area contributed by atoms with Crippen molar-refractivity contribution in [1.82, 2.24) is 14.8 Å². The Morgan fingerprint density at radius 3 is 2.33 bits per heavy atom. The summed E-state index contributed by atoms with van der Waals surface area (Å²) in [5, 5.41) is 0. The third-order valence-electron chi connectivity index (χ3n) is 4.51. The lowest BCUT2D eigenvalue weighted by Gasteiger charge is -2.21. The van der Waals surface area contributed by atoms with Gasteiger partial charge in [0.25, 0.3) is 5.91 Å². The number of amides is 2. The molecule has 1 aliphatic rings. The molecule has 132 valence electrons. The summed E-state index contributed by atoms with van der Waals surface area (Å²) in [5.41, 5.74) is 2.21. The Morgan fingerprint density at radius 1 is 1.12 bits per heavy atom. The molecule has 1 aromatic heterocycles. The highest BCUT2D eigenvalue weighted by molar-refractivity contribution is 6.00. The first-order chi connectivity index (χ1) is 11.4. The molecule has 2 heterocycles. The molecule has 1 saturated heterocycles. The van der Waals surface area contributed by atoms with Crippen molar-refractivity contribution in [3.8, 4) is 0 Å². The van der Waals surface area contributed by atoms with Gasteiger partial charge >= 0.3 is 5.97 Å². The monoisotopic (exact) mass is 335 g/mol. The third-order valence-corrected chi connectivity index (χ3v) is 4.51. The lowest BCUT2D eigenvalue weighted by Crippen LogP contribution is -2.36. The first-order valence-electron chi connectivity index (χ1n) is 8.25. The summed E-state index contributed by atoms with van der Waals surface area (Å²) in [6.07, 6.45) is 1.35. The number of hydrogen-bond donors (Lipinski definition) is 1. The minimum atomic E-state index is -0.432. The van der Waals surface area contributed by atoms with E-state index in [1.807, 2.05) is 6.92 Å². The number of carbonyl (C=O) groups is 3. The van der Waals surface area contributed by atoms with Crippen molar-refractivity contribution in [3.63, 3.8) is 0 Å². The second kappa shape index (κ2) is 7.51. The van der Waals surface area contributed by atoms with E-state index >= 15 is 0 Å². The Morgan fingerprint density at radius 2 is 1.75 bits per heavy atom. The smallest absolute Gasteiger partial charge is 0.339 e. The zero-order valence-corrected chi connectivity index (χ0v) is 14.8. The Labute approximate surface area is 141 Å². The number of hydrogen-bond acceptors (Lipinski definition) is 4. The molecule has 1 N–H and O–H groups in total. The average molecular weight is 335 g/mol. The lowest BCUT2D eigenvalue weighted by atomic mass is 10.1. The third kappa shape index (κ3) is 3.44. The molecule has 0 atom stereocenters. The van der Waals surface area contributed by atoms with Gasteiger partial charge in [0.2, 0.25) is 5.91 Å². The molecule has 0 aromatic carbocycles. The molecule has 7 nitrogen and oxygen atoms in total. The predicted molar refractivity (Wildman–Crippen MR) is 89.0 cm³/mol. The minimum absolute atomic E-state index is 0.0293. The molecule has 0 saturated carbocycles. The van der Waals surface area contributed by atoms with E-state index in [1.165, 1.54) is 7.11 Å². The summed E-state index contributed by atoms with van der Waals surface area (Å²) in [6, 6.07) is 0. The summed E-state index contributed by atoms with van der Waals surface area (Å²) in [5.74, 6) is -0.539. The highest BCUT2D eigenvalue weighted by Crippen LogP contribution is 2.22. The van der Waals surface area contributed by atoms with Crippen molar-refractivity contribution in [2.24, 2.45) is 0 Å². The molecule has 0 spiro atoms. The molecule has 2 amide bonds. The van der Waals surface area contributed by atoms with Crippen LogP contribution in [0.5, 0.6) is 0 Å². The highest BCUT2D eigenvalue weighted by Gasteiger charge is 2.27. The molecule has 0 radical (unpaired) electrons. The highest BCUT2D eigenvalue weighted by atomic mass is 16.5. The van der Waals surface area contributed by atoms with Gasteiger partial charge in [-0.15, -0.1) is 0 Å². The van der Waals surface area contributed by atoms with E-state index in [2.05, 4.69) is 4.98 Å². The second-order valence-electron chi connectivity index (χ2n) is 5.98. The quantitative estimate of drug-likeness (QED) is 0.846. The van der Waals surface area contributed by atoms with Crippen molar-refractivity contribution in [1.29, 1.82) is 0 Å². The Kier molecular flexibility index (Phi) is 5.64. The van der Waals surface area contributed by atoms with Crippen LogP contribution in [0.15, 0.2) is 0 Å². The number of aromatic nitrogens is 1. The molecular weight excluding hydrogens is 310 g/mol. The van der Waals surface area contributed by atoms with Crippen molar-refractivity contribution in [2.75, 3.05) is 33.3 Å². The van der Waals surface area contributed by atoms with E-state index in [1.54, 1.807) is 23.6 Å². The molecule has 1 fully saturated rings. The van der Waals surface area contributed by atoms with Crippen LogP contribution in [0.4, 0.5) is 0 Å². The number of carbonyl (C=O) groups excluding carboxylic acids is 3. The predicted octanol–water partition coefficient (Wildman–Crippen LogP) is 1.37. The zero-order valence-electron chi connectivity index (χ0n) is 14.8. The summed E-state index contributed by atoms with van der Waals surface area (Å²) in [4.78, 5) is 43.0. The van der Waals surface area contributed by atoms with Gasteiger partial charge in [-0.1, -0.05) is 6.92 Å². The van der Waals surface area contributed by atoms with Crippen LogP contribution in [0.3, 0.4) is 0 Å². The minimum Gasteiger partial charge on any atom is -0.465 e. The van der Waals surface area contributed by atoms with Crippen molar-refractivity contribution in [3.05, 3.63) is 22.5 Å². The van der Waals surface area contributed by atoms with Crippen LogP contribution >= 0.6 is 0 Å². The first-order valence-corrected chi connectivity index (χ1v) is 8.25. The van der Waals surface area contributed by atoms with Gasteiger partial charge in [0.05, 0.1) is 12.7 Å². The standard InChI is InChI=1S/C17H25N3O4/c1-5-13-14(17(23)24-4)11(2)15(18-13)16(22)20-8-6-7-19(9-10-20)12(3)21/h18H,5-10H2,1-4H3. The van der Waals surface area contributed by atoms with Gasteiger partial charge in [0.15, 0.2) is 0 Å². The number of methoxy groups -OCH3 is 1. The molecule has 1 aromatic rings. The summed E-state index contributed by atoms with van der Waals surface area (Å²) in [7, 11) is 1.33. The van der Waals surface area contributed by atoms with Crippen molar-refractivity contribution >= 4 is 17.8 Å². The van der Waals surface area contributed by atoms with Crippen LogP contribution < -0.4 is 0 Å². The van der Waals surface area contributed by atoms with Crippen molar-refractivity contribution < 1.29 is 19.1 Å². The lowest BCUT2D eigenvalue weighted by molar-refractivity contribution is -0.128. The molecule has 7 heteroatoms. The molecule has 1 aliphatic heterocycles. The molecule has 2 rings (SSSR count). The fourth-order valence-electron chi connectivity index (χ4n) is 3.11. The normalized spacial score (nSPS) is 15.2. The van der Waals surface area contributed by atoms with Crippen LogP contribution in [0.25, 0.3) is 0 Å². The van der Waals surface area contributed by atoms with Crippen LogP contribution in [0, 0.1) is 6.92 Å². The molecule has 0 bridgehead atoms. The number of rotatable bonds is 3. The number of nitrogens with zero attached hydrogens (tertiary/aromatic N) is 2. The number of ether oxygens (including phenoxy) is 1. The maximum atomic E-state index is 12.9. The van der Waals surface area contributed by atoms with Crippen LogP contribution in [0.2, 0.25) is 0 Å². The van der Waals surface area contributed by atoms with E-state index in [4.69, 9.17) is 4.74 Å². The van der Waals surface area contributed by atoms with Gasteiger partial charge in [-0.3, -0.25) is 9.59 Å². The van der Waals surface area contributed by atoms with Gasteiger partial charge in [0.1, 0.15) is 5.69 Å². The topological polar surface area (TPSA) is 82.7 Å². The molecule has 0 aliphatic carbocycles. The number of nitrogens with one attached hydrogen (secondary N) is 1. The van der Waals surface area contributed by atoms with E-state index < -0.39 is 5.97 Å². The van der Waals surface area contributed by atoms with Crippen LogP contribution in [0.1, 0.15) is 52.4 Å². The van der Waals surface area contributed by atoms with Crippen LogP contribution in [-0.2, 0) is 16.0 Å². The molecule has 24 heavy (non-hydrogen) atoms. The number of H-pyrrole nitrogens is 1. The first kappa shape index (κ1) is 18.0. The van der Waals surface area contributed by atoms with E-state index in [0.29, 0.717) is 55.1 Å². The Bertz CT molecular complexity index is 651. The van der Waals surface area contributed by atoms with E-state index in [-0.39, 0.29) is 11.8 Å². The van der Waals surface area contributed by atoms with Gasteiger partial charge < -0.3 is 19.5 Å². The van der Waals surface area contributed by atoms with Gasteiger partial charge in [0, 0.05) is 38.8 Å². The van der Waals surface area contributed by atoms with E-state index in [9.17, 15) is 14.4 Å². The van der Waals surface area contributed by atoms with Crippen LogP contribution in [-0.4, -0.2) is 65.9 Å². The summed E-state index contributed by atoms with van der Waals surface area (Å²) < 4.78 is 4.83. The van der Waals surface area contributed by atoms with Gasteiger partial charge in [-0.2, -0.15) is 0 Å². The fourth-order valence-corrected chi connectivity index (χ4v) is 3.11. The van der Waals surface area contributed by atoms with Gasteiger partial charge in [-0.25, -0.2) is 4.79 Å². The van der Waals surface area contributed by atoms with E-state index in [0.717, 1.165) is 6.42 Å². The summed E-state index contributed by atoms with van der Waals surface area (Å²) >= 11 is 0. The number of aryl methyl sites for hydroxylation is 1. The molecular formula is C17H25N3O4.